The van der Waals surface area contributed by atoms with Crippen LogP contribution < -0.4 is 11.2 Å². The van der Waals surface area contributed by atoms with Crippen molar-refractivity contribution in [2.75, 3.05) is 0 Å². The van der Waals surface area contributed by atoms with Crippen LogP contribution in [0.15, 0.2) is 32.8 Å². The van der Waals surface area contributed by atoms with Gasteiger partial charge in [0.15, 0.2) is 5.82 Å². The smallest absolute Gasteiger partial charge is 0.328 e. The predicted octanol–water partition coefficient (Wildman–Crippen LogP) is -1.03. The normalized spacial score (nSPS) is 10.3. The Balaban J connectivity index is 2.35. The lowest BCUT2D eigenvalue weighted by atomic mass is 10.5. The summed E-state index contributed by atoms with van der Waals surface area (Å²) in [5, 5.41) is 3.54. The highest BCUT2D eigenvalue weighted by atomic mass is 16.5. The van der Waals surface area contributed by atoms with Gasteiger partial charge in [-0.2, -0.15) is 4.98 Å². The molecule has 14 heavy (non-hydrogen) atoms. The zero-order valence-electron chi connectivity index (χ0n) is 7.01. The minimum absolute atomic E-state index is 0.173. The third kappa shape index (κ3) is 1.60. The number of nitrogens with one attached hydrogen (secondary N) is 1. The van der Waals surface area contributed by atoms with Crippen molar-refractivity contribution in [3.05, 3.63) is 45.3 Å². The molecular formula is C7H6N4O3. The highest BCUT2D eigenvalue weighted by molar-refractivity contribution is 4.87. The molecule has 0 amide bonds. The number of aromatic nitrogens is 4. The maximum absolute atomic E-state index is 11.2. The zero-order valence-corrected chi connectivity index (χ0v) is 7.01. The van der Waals surface area contributed by atoms with E-state index >= 15 is 0 Å². The third-order valence-electron chi connectivity index (χ3n) is 1.62. The van der Waals surface area contributed by atoms with E-state index in [2.05, 4.69) is 19.6 Å². The van der Waals surface area contributed by atoms with E-state index in [1.54, 1.807) is 0 Å². The molecule has 72 valence electrons. The van der Waals surface area contributed by atoms with Gasteiger partial charge in [-0.15, -0.1) is 0 Å². The molecule has 0 aromatic carbocycles. The molecule has 0 fully saturated rings. The summed E-state index contributed by atoms with van der Waals surface area (Å²) in [6, 6.07) is 1.25. The Morgan fingerprint density at radius 3 is 3.00 bits per heavy atom. The molecule has 0 saturated carbocycles. The number of rotatable bonds is 2. The quantitative estimate of drug-likeness (QED) is 0.659. The topological polar surface area (TPSA) is 93.8 Å². The van der Waals surface area contributed by atoms with Gasteiger partial charge in [-0.1, -0.05) is 5.16 Å². The minimum Gasteiger partial charge on any atom is -0.343 e. The van der Waals surface area contributed by atoms with Crippen molar-refractivity contribution in [2.24, 2.45) is 0 Å². The fourth-order valence-electron chi connectivity index (χ4n) is 0.983. The number of H-pyrrole nitrogens is 1. The molecule has 2 rings (SSSR count). The van der Waals surface area contributed by atoms with E-state index < -0.39 is 11.2 Å². The Bertz CT molecular complexity index is 524. The van der Waals surface area contributed by atoms with Gasteiger partial charge in [0.1, 0.15) is 0 Å². The standard InChI is InChI=1S/C7H6N4O3/c12-6-1-2-11(7(13)9-6)3-5-8-4-14-10-5/h1-2,4H,3H2,(H,9,12,13). The first kappa shape index (κ1) is 8.42. The van der Waals surface area contributed by atoms with Crippen LogP contribution in [-0.4, -0.2) is 19.7 Å². The molecule has 0 aliphatic rings. The molecule has 7 heteroatoms. The van der Waals surface area contributed by atoms with E-state index in [1.807, 2.05) is 0 Å². The van der Waals surface area contributed by atoms with Gasteiger partial charge in [0, 0.05) is 12.3 Å². The summed E-state index contributed by atoms with van der Waals surface area (Å²) in [5.41, 5.74) is -0.929. The lowest BCUT2D eigenvalue weighted by Gasteiger charge is -1.98. The fraction of sp³-hybridized carbons (Fsp3) is 0.143. The van der Waals surface area contributed by atoms with Crippen molar-refractivity contribution < 1.29 is 4.52 Å². The lowest BCUT2D eigenvalue weighted by molar-refractivity contribution is 0.407. The summed E-state index contributed by atoms with van der Waals surface area (Å²) in [4.78, 5) is 27.8. The van der Waals surface area contributed by atoms with Crippen molar-refractivity contribution in [3.63, 3.8) is 0 Å². The molecule has 2 aromatic rings. The van der Waals surface area contributed by atoms with Crippen molar-refractivity contribution in [2.45, 2.75) is 6.54 Å². The molecule has 0 aliphatic heterocycles. The third-order valence-corrected chi connectivity index (χ3v) is 1.62. The Morgan fingerprint density at radius 2 is 2.36 bits per heavy atom. The fourth-order valence-corrected chi connectivity index (χ4v) is 0.983. The largest absolute Gasteiger partial charge is 0.343 e. The minimum atomic E-state index is -0.498. The predicted molar refractivity (Wildman–Crippen MR) is 44.7 cm³/mol. The lowest BCUT2D eigenvalue weighted by Crippen LogP contribution is -2.29. The van der Waals surface area contributed by atoms with E-state index in [4.69, 9.17) is 0 Å². The molecule has 0 unspecified atom stereocenters. The van der Waals surface area contributed by atoms with Gasteiger partial charge >= 0.3 is 5.69 Å². The van der Waals surface area contributed by atoms with Crippen molar-refractivity contribution in [1.29, 1.82) is 0 Å². The van der Waals surface area contributed by atoms with Crippen LogP contribution in [0.25, 0.3) is 0 Å². The Labute approximate surface area is 77.0 Å². The summed E-state index contributed by atoms with van der Waals surface area (Å²) >= 11 is 0. The van der Waals surface area contributed by atoms with Crippen molar-refractivity contribution in [1.82, 2.24) is 19.7 Å². The van der Waals surface area contributed by atoms with E-state index in [-0.39, 0.29) is 6.54 Å². The molecule has 1 N–H and O–H groups in total. The SMILES string of the molecule is O=c1ccn(Cc2ncon2)c(=O)[nH]1. The van der Waals surface area contributed by atoms with Crippen molar-refractivity contribution >= 4 is 0 Å². The van der Waals surface area contributed by atoms with E-state index in [1.165, 1.54) is 23.2 Å². The average Bonchev–Trinajstić information content (AvgIpc) is 2.62. The van der Waals surface area contributed by atoms with E-state index in [9.17, 15) is 9.59 Å². The van der Waals surface area contributed by atoms with Gasteiger partial charge in [-0.05, 0) is 0 Å². The first-order valence-electron chi connectivity index (χ1n) is 3.81. The van der Waals surface area contributed by atoms with Gasteiger partial charge in [-0.25, -0.2) is 4.79 Å². The van der Waals surface area contributed by atoms with Crippen LogP contribution in [0, 0.1) is 0 Å². The first-order valence-corrected chi connectivity index (χ1v) is 3.81. The Kier molecular flexibility index (Phi) is 1.98. The maximum atomic E-state index is 11.2. The Hall–Kier alpha value is -2.18. The molecular weight excluding hydrogens is 188 g/mol. The van der Waals surface area contributed by atoms with Crippen LogP contribution in [-0.2, 0) is 6.54 Å². The molecule has 2 aromatic heterocycles. The van der Waals surface area contributed by atoms with Gasteiger partial charge in [-0.3, -0.25) is 14.3 Å². The molecule has 0 atom stereocenters. The summed E-state index contributed by atoms with van der Waals surface area (Å²) in [6.45, 7) is 0.173. The second-order valence-corrected chi connectivity index (χ2v) is 2.59. The number of hydrogen-bond acceptors (Lipinski definition) is 5. The number of aromatic amines is 1. The molecule has 7 nitrogen and oxygen atoms in total. The second kappa shape index (κ2) is 3.29. The van der Waals surface area contributed by atoms with E-state index in [0.717, 1.165) is 0 Å². The molecule has 2 heterocycles. The summed E-state index contributed by atoms with van der Waals surface area (Å²) in [5.74, 6) is 0.374. The molecule has 0 bridgehead atoms. The van der Waals surface area contributed by atoms with Crippen LogP contribution >= 0.6 is 0 Å². The van der Waals surface area contributed by atoms with Crippen molar-refractivity contribution in [3.8, 4) is 0 Å². The molecule has 0 spiro atoms. The molecule has 0 radical (unpaired) electrons. The van der Waals surface area contributed by atoms with Gasteiger partial charge in [0.25, 0.3) is 5.56 Å². The molecule has 0 aliphatic carbocycles. The molecule has 0 saturated heterocycles. The maximum Gasteiger partial charge on any atom is 0.328 e. The van der Waals surface area contributed by atoms with Crippen LogP contribution in [0.1, 0.15) is 5.82 Å². The van der Waals surface area contributed by atoms with Gasteiger partial charge in [0.05, 0.1) is 6.54 Å². The van der Waals surface area contributed by atoms with Gasteiger partial charge in [0.2, 0.25) is 6.39 Å². The highest BCUT2D eigenvalue weighted by Gasteiger charge is 2.01. The summed E-state index contributed by atoms with van der Waals surface area (Å²) < 4.78 is 5.77. The van der Waals surface area contributed by atoms with Crippen LogP contribution in [0.2, 0.25) is 0 Å². The Morgan fingerprint density at radius 1 is 1.50 bits per heavy atom. The second-order valence-electron chi connectivity index (χ2n) is 2.59. The van der Waals surface area contributed by atoms with Gasteiger partial charge < -0.3 is 4.52 Å². The monoisotopic (exact) mass is 194 g/mol. The highest BCUT2D eigenvalue weighted by Crippen LogP contribution is 1.89. The summed E-state index contributed by atoms with van der Waals surface area (Å²) in [7, 11) is 0. The van der Waals surface area contributed by atoms with Crippen LogP contribution in [0.4, 0.5) is 0 Å². The zero-order chi connectivity index (χ0) is 9.97. The number of nitrogens with zero attached hydrogens (tertiary/aromatic N) is 3. The average molecular weight is 194 g/mol. The first-order chi connectivity index (χ1) is 6.75. The van der Waals surface area contributed by atoms with Crippen LogP contribution in [0.5, 0.6) is 0 Å². The van der Waals surface area contributed by atoms with E-state index in [0.29, 0.717) is 5.82 Å². The van der Waals surface area contributed by atoms with Crippen LogP contribution in [0.3, 0.4) is 0 Å². The summed E-state index contributed by atoms with van der Waals surface area (Å²) in [6.07, 6.45) is 2.55. The number of hydrogen-bond donors (Lipinski definition) is 1.